The number of nitrogens with zero attached hydrogens (tertiary/aromatic N) is 2. The van der Waals surface area contributed by atoms with Crippen LogP contribution in [0.1, 0.15) is 9.67 Å². The molecule has 0 aliphatic rings. The maximum absolute atomic E-state index is 12.0. The lowest BCUT2D eigenvalue weighted by Gasteiger charge is -2.05. The second kappa shape index (κ2) is 6.86. The van der Waals surface area contributed by atoms with Crippen LogP contribution in [0.25, 0.3) is 10.6 Å². The van der Waals surface area contributed by atoms with Gasteiger partial charge in [0.15, 0.2) is 0 Å². The first-order chi connectivity index (χ1) is 11.5. The number of amides is 1. The largest absolute Gasteiger partial charge is 0.477 e. The van der Waals surface area contributed by atoms with Crippen LogP contribution in [-0.4, -0.2) is 26.8 Å². The number of carbonyl (C=O) groups excluding carboxylic acids is 1. The first-order valence-corrected chi connectivity index (χ1v) is 8.13. The van der Waals surface area contributed by atoms with Crippen molar-refractivity contribution in [1.29, 1.82) is 0 Å². The van der Waals surface area contributed by atoms with E-state index in [0.29, 0.717) is 16.4 Å². The molecule has 3 rings (SSSR count). The predicted octanol–water partition coefficient (Wildman–Crippen LogP) is 3.60. The Kier molecular flexibility index (Phi) is 4.64. The maximum atomic E-state index is 12.0. The van der Waals surface area contributed by atoms with Crippen molar-refractivity contribution in [3.63, 3.8) is 0 Å². The lowest BCUT2D eigenvalue weighted by molar-refractivity contribution is -0.116. The Morgan fingerprint density at radius 2 is 2.08 bits per heavy atom. The first kappa shape index (κ1) is 16.2. The van der Waals surface area contributed by atoms with E-state index in [1.807, 2.05) is 0 Å². The van der Waals surface area contributed by atoms with Gasteiger partial charge < -0.3 is 10.4 Å². The number of aromatic carboxylic acids is 1. The highest BCUT2D eigenvalue weighted by atomic mass is 35.5. The third-order valence-corrected chi connectivity index (χ3v) is 4.45. The Balaban J connectivity index is 1.67. The molecule has 122 valence electrons. The second-order valence-electron chi connectivity index (χ2n) is 4.93. The summed E-state index contributed by atoms with van der Waals surface area (Å²) in [7, 11) is 0. The number of carboxylic acids is 1. The number of carboxylic acid groups (broad SMARTS) is 1. The fourth-order valence-electron chi connectivity index (χ4n) is 2.09. The summed E-state index contributed by atoms with van der Waals surface area (Å²) in [6.45, 7) is 0.0453. The van der Waals surface area contributed by atoms with Gasteiger partial charge in [0.25, 0.3) is 0 Å². The molecule has 0 aliphatic heterocycles. The molecule has 2 aromatic heterocycles. The molecule has 0 fully saturated rings. The van der Waals surface area contributed by atoms with Crippen LogP contribution in [-0.2, 0) is 11.3 Å². The number of halogens is 1. The Morgan fingerprint density at radius 1 is 1.25 bits per heavy atom. The quantitative estimate of drug-likeness (QED) is 0.727. The zero-order chi connectivity index (χ0) is 17.1. The van der Waals surface area contributed by atoms with E-state index in [0.717, 1.165) is 16.2 Å². The molecule has 0 saturated heterocycles. The molecule has 0 spiro atoms. The van der Waals surface area contributed by atoms with E-state index in [1.165, 1.54) is 10.7 Å². The van der Waals surface area contributed by atoms with Crippen LogP contribution in [0, 0.1) is 0 Å². The number of thiophene rings is 1. The van der Waals surface area contributed by atoms with Crippen LogP contribution < -0.4 is 5.32 Å². The monoisotopic (exact) mass is 361 g/mol. The smallest absolute Gasteiger partial charge is 0.345 e. The van der Waals surface area contributed by atoms with Crippen molar-refractivity contribution in [3.8, 4) is 10.6 Å². The Labute approximate surface area is 146 Å². The van der Waals surface area contributed by atoms with E-state index < -0.39 is 5.97 Å². The van der Waals surface area contributed by atoms with Gasteiger partial charge in [0.1, 0.15) is 17.1 Å². The summed E-state index contributed by atoms with van der Waals surface area (Å²) in [5.74, 6) is -1.20. The van der Waals surface area contributed by atoms with Gasteiger partial charge in [-0.2, -0.15) is 5.10 Å². The molecule has 0 unspecified atom stereocenters. The molecular weight excluding hydrogens is 350 g/mol. The summed E-state index contributed by atoms with van der Waals surface area (Å²) in [5.41, 5.74) is 1.24. The average Bonchev–Trinajstić information content (AvgIpc) is 3.15. The van der Waals surface area contributed by atoms with Gasteiger partial charge in [0.05, 0.1) is 4.88 Å². The number of rotatable bonds is 5. The molecule has 2 N–H and O–H groups in total. The van der Waals surface area contributed by atoms with Crippen molar-refractivity contribution in [2.24, 2.45) is 0 Å². The third-order valence-electron chi connectivity index (χ3n) is 3.12. The second-order valence-corrected chi connectivity index (χ2v) is 6.45. The van der Waals surface area contributed by atoms with Crippen molar-refractivity contribution in [3.05, 3.63) is 58.6 Å². The summed E-state index contributed by atoms with van der Waals surface area (Å²) in [6.07, 6.45) is 1.67. The molecule has 24 heavy (non-hydrogen) atoms. The summed E-state index contributed by atoms with van der Waals surface area (Å²) in [6, 6.07) is 11.9. The summed E-state index contributed by atoms with van der Waals surface area (Å²) >= 11 is 7.01. The van der Waals surface area contributed by atoms with Crippen LogP contribution in [0.3, 0.4) is 0 Å². The van der Waals surface area contributed by atoms with Gasteiger partial charge >= 0.3 is 5.97 Å². The van der Waals surface area contributed by atoms with Gasteiger partial charge in [-0.15, -0.1) is 11.3 Å². The molecule has 0 atom stereocenters. The van der Waals surface area contributed by atoms with Crippen LogP contribution >= 0.6 is 22.9 Å². The maximum Gasteiger partial charge on any atom is 0.345 e. The van der Waals surface area contributed by atoms with Crippen molar-refractivity contribution in [1.82, 2.24) is 9.78 Å². The summed E-state index contributed by atoms with van der Waals surface area (Å²) in [5, 5.41) is 16.5. The lowest BCUT2D eigenvalue weighted by Crippen LogP contribution is -2.19. The highest BCUT2D eigenvalue weighted by Gasteiger charge is 2.11. The van der Waals surface area contributed by atoms with Gasteiger partial charge in [-0.25, -0.2) is 4.79 Å². The van der Waals surface area contributed by atoms with Crippen LogP contribution in [0.15, 0.2) is 48.7 Å². The zero-order valence-electron chi connectivity index (χ0n) is 12.3. The predicted molar refractivity (Wildman–Crippen MR) is 92.6 cm³/mol. The lowest BCUT2D eigenvalue weighted by atomic mass is 10.3. The molecule has 1 aromatic carbocycles. The Bertz CT molecular complexity index is 903. The van der Waals surface area contributed by atoms with E-state index in [4.69, 9.17) is 16.7 Å². The zero-order valence-corrected chi connectivity index (χ0v) is 13.8. The molecule has 6 nitrogen and oxygen atoms in total. The Morgan fingerprint density at radius 3 is 2.79 bits per heavy atom. The van der Waals surface area contributed by atoms with E-state index in [-0.39, 0.29) is 17.3 Å². The minimum Gasteiger partial charge on any atom is -0.477 e. The van der Waals surface area contributed by atoms with Crippen molar-refractivity contribution < 1.29 is 14.7 Å². The van der Waals surface area contributed by atoms with Crippen LogP contribution in [0.4, 0.5) is 5.69 Å². The van der Waals surface area contributed by atoms with E-state index in [2.05, 4.69) is 10.4 Å². The summed E-state index contributed by atoms with van der Waals surface area (Å²) < 4.78 is 1.50. The van der Waals surface area contributed by atoms with E-state index >= 15 is 0 Å². The average molecular weight is 362 g/mol. The van der Waals surface area contributed by atoms with Crippen molar-refractivity contribution in [2.45, 2.75) is 6.54 Å². The molecule has 0 radical (unpaired) electrons. The van der Waals surface area contributed by atoms with Crippen LogP contribution in [0.2, 0.25) is 5.02 Å². The van der Waals surface area contributed by atoms with E-state index in [9.17, 15) is 9.59 Å². The number of nitrogens with one attached hydrogen (secondary N) is 1. The number of hydrogen-bond donors (Lipinski definition) is 2. The molecule has 0 saturated carbocycles. The SMILES string of the molecule is O=C(Cn1ccc(-c2ccc(C(=O)O)s2)n1)Nc1cccc(Cl)c1. The minimum absolute atomic E-state index is 0.0453. The number of anilines is 1. The number of hydrogen-bond acceptors (Lipinski definition) is 4. The topological polar surface area (TPSA) is 84.2 Å². The standard InChI is InChI=1S/C16H12ClN3O3S/c17-10-2-1-3-11(8-10)18-15(21)9-20-7-6-12(19-20)13-4-5-14(24-13)16(22)23/h1-8H,9H2,(H,18,21)(H,22,23). The molecule has 2 heterocycles. The van der Waals surface area contributed by atoms with Crippen molar-refractivity contribution >= 4 is 40.5 Å². The summed E-state index contributed by atoms with van der Waals surface area (Å²) in [4.78, 5) is 23.9. The minimum atomic E-state index is -0.966. The number of carbonyl (C=O) groups is 2. The molecule has 0 bridgehead atoms. The third kappa shape index (κ3) is 3.81. The fourth-order valence-corrected chi connectivity index (χ4v) is 3.09. The molecule has 0 aliphatic carbocycles. The van der Waals surface area contributed by atoms with E-state index in [1.54, 1.807) is 42.6 Å². The number of aromatic nitrogens is 2. The van der Waals surface area contributed by atoms with Gasteiger partial charge in [-0.3, -0.25) is 9.48 Å². The van der Waals surface area contributed by atoms with Crippen LogP contribution in [0.5, 0.6) is 0 Å². The van der Waals surface area contributed by atoms with Gasteiger partial charge in [0, 0.05) is 16.9 Å². The van der Waals surface area contributed by atoms with Crippen molar-refractivity contribution in [2.75, 3.05) is 5.32 Å². The highest BCUT2D eigenvalue weighted by molar-refractivity contribution is 7.17. The van der Waals surface area contributed by atoms with Gasteiger partial charge in [-0.1, -0.05) is 17.7 Å². The van der Waals surface area contributed by atoms with Gasteiger partial charge in [0.2, 0.25) is 5.91 Å². The fraction of sp³-hybridized carbons (Fsp3) is 0.0625. The first-order valence-electron chi connectivity index (χ1n) is 6.93. The number of benzene rings is 1. The molecule has 1 amide bonds. The molecular formula is C16H12ClN3O3S. The molecule has 8 heteroatoms. The van der Waals surface area contributed by atoms with Gasteiger partial charge in [-0.05, 0) is 36.4 Å². The molecule has 3 aromatic rings. The normalized spacial score (nSPS) is 10.5. The Hall–Kier alpha value is -2.64. The highest BCUT2D eigenvalue weighted by Crippen LogP contribution is 2.26.